The first-order chi connectivity index (χ1) is 8.59. The second-order valence-corrected chi connectivity index (χ2v) is 5.80. The van der Waals surface area contributed by atoms with Gasteiger partial charge in [0.15, 0.2) is 0 Å². The summed E-state index contributed by atoms with van der Waals surface area (Å²) < 4.78 is 1.92. The molecular weight excluding hydrogens is 224 g/mol. The second-order valence-electron chi connectivity index (χ2n) is 5.80. The van der Waals surface area contributed by atoms with Gasteiger partial charge in [0.25, 0.3) is 0 Å². The molecule has 1 N–H and O–H groups in total. The maximum absolute atomic E-state index is 10.5. The summed E-state index contributed by atoms with van der Waals surface area (Å²) in [5.41, 5.74) is 3.51. The Kier molecular flexibility index (Phi) is 4.44. The van der Waals surface area contributed by atoms with Gasteiger partial charge in [0, 0.05) is 19.2 Å². The Balaban J connectivity index is 2.03. The fourth-order valence-electron chi connectivity index (χ4n) is 3.18. The Labute approximate surface area is 110 Å². The first-order valence-electron chi connectivity index (χ1n) is 7.26. The van der Waals surface area contributed by atoms with Gasteiger partial charge >= 0.3 is 0 Å². The van der Waals surface area contributed by atoms with Crippen LogP contribution in [0.25, 0.3) is 0 Å². The first-order valence-corrected chi connectivity index (χ1v) is 7.26. The van der Waals surface area contributed by atoms with E-state index in [4.69, 9.17) is 0 Å². The van der Waals surface area contributed by atoms with Crippen molar-refractivity contribution in [2.45, 2.75) is 64.9 Å². The molecule has 1 atom stereocenters. The van der Waals surface area contributed by atoms with E-state index in [1.807, 2.05) is 18.7 Å². The summed E-state index contributed by atoms with van der Waals surface area (Å²) in [6.07, 6.45) is 8.22. The molecule has 0 saturated heterocycles. The maximum atomic E-state index is 10.5. The van der Waals surface area contributed by atoms with Crippen molar-refractivity contribution in [2.75, 3.05) is 0 Å². The van der Waals surface area contributed by atoms with E-state index in [1.165, 1.54) is 49.8 Å². The molecule has 1 aromatic rings. The van der Waals surface area contributed by atoms with Crippen LogP contribution in [0, 0.1) is 19.8 Å². The summed E-state index contributed by atoms with van der Waals surface area (Å²) in [4.78, 5) is 0. The average molecular weight is 250 g/mol. The minimum absolute atomic E-state index is 0.190. The third kappa shape index (κ3) is 2.94. The molecule has 2 rings (SSSR count). The van der Waals surface area contributed by atoms with Crippen molar-refractivity contribution < 1.29 is 5.11 Å². The molecule has 1 unspecified atom stereocenters. The number of nitrogens with zero attached hydrogens (tertiary/aromatic N) is 2. The fourth-order valence-corrected chi connectivity index (χ4v) is 3.18. The van der Waals surface area contributed by atoms with Crippen molar-refractivity contribution in [2.24, 2.45) is 13.0 Å². The molecule has 1 fully saturated rings. The molecule has 0 aliphatic heterocycles. The van der Waals surface area contributed by atoms with Gasteiger partial charge in [0.05, 0.1) is 11.8 Å². The lowest BCUT2D eigenvalue weighted by Gasteiger charge is -2.21. The van der Waals surface area contributed by atoms with E-state index < -0.39 is 0 Å². The summed E-state index contributed by atoms with van der Waals surface area (Å²) in [6, 6.07) is 0. The zero-order chi connectivity index (χ0) is 13.1. The van der Waals surface area contributed by atoms with Crippen LogP contribution in [-0.4, -0.2) is 21.0 Å². The van der Waals surface area contributed by atoms with Crippen LogP contribution >= 0.6 is 0 Å². The van der Waals surface area contributed by atoms with Crippen LogP contribution in [0.2, 0.25) is 0 Å². The number of hydrogen-bond acceptors (Lipinski definition) is 2. The largest absolute Gasteiger partial charge is 0.392 e. The Morgan fingerprint density at radius 1 is 1.22 bits per heavy atom. The summed E-state index contributed by atoms with van der Waals surface area (Å²) in [5, 5.41) is 14.9. The van der Waals surface area contributed by atoms with Crippen LogP contribution in [0.3, 0.4) is 0 Å². The van der Waals surface area contributed by atoms with E-state index in [2.05, 4.69) is 12.0 Å². The van der Waals surface area contributed by atoms with E-state index in [9.17, 15) is 5.11 Å². The van der Waals surface area contributed by atoms with Gasteiger partial charge in [-0.05, 0) is 38.2 Å². The molecule has 102 valence electrons. The van der Waals surface area contributed by atoms with Crippen molar-refractivity contribution in [3.63, 3.8) is 0 Å². The summed E-state index contributed by atoms with van der Waals surface area (Å²) in [7, 11) is 1.98. The molecule has 0 spiro atoms. The van der Waals surface area contributed by atoms with Crippen LogP contribution in [0.1, 0.15) is 55.5 Å². The van der Waals surface area contributed by atoms with E-state index in [0.717, 1.165) is 12.1 Å². The SMILES string of the molecule is Cc1nn(C)c(C)c1CC(O)C1CCCCCC1. The topological polar surface area (TPSA) is 38.0 Å². The van der Waals surface area contributed by atoms with Gasteiger partial charge in [-0.25, -0.2) is 0 Å². The highest BCUT2D eigenvalue weighted by Gasteiger charge is 2.23. The van der Waals surface area contributed by atoms with Crippen LogP contribution < -0.4 is 0 Å². The molecular formula is C15H26N2O. The quantitative estimate of drug-likeness (QED) is 0.838. The number of aromatic nitrogens is 2. The third-order valence-electron chi connectivity index (χ3n) is 4.52. The molecule has 3 heteroatoms. The van der Waals surface area contributed by atoms with Crippen molar-refractivity contribution >= 4 is 0 Å². The minimum Gasteiger partial charge on any atom is -0.392 e. The van der Waals surface area contributed by atoms with Crippen molar-refractivity contribution in [3.05, 3.63) is 17.0 Å². The molecule has 0 radical (unpaired) electrons. The number of aryl methyl sites for hydroxylation is 2. The van der Waals surface area contributed by atoms with E-state index >= 15 is 0 Å². The van der Waals surface area contributed by atoms with Gasteiger partial charge in [-0.15, -0.1) is 0 Å². The highest BCUT2D eigenvalue weighted by atomic mass is 16.3. The average Bonchev–Trinajstić information content (AvgIpc) is 2.58. The zero-order valence-corrected chi connectivity index (χ0v) is 11.9. The van der Waals surface area contributed by atoms with E-state index in [0.29, 0.717) is 5.92 Å². The smallest absolute Gasteiger partial charge is 0.0629 e. The number of rotatable bonds is 3. The highest BCUT2D eigenvalue weighted by molar-refractivity contribution is 5.25. The normalized spacial score (nSPS) is 19.8. The number of hydrogen-bond donors (Lipinski definition) is 1. The van der Waals surface area contributed by atoms with E-state index in [-0.39, 0.29) is 6.10 Å². The molecule has 1 saturated carbocycles. The van der Waals surface area contributed by atoms with Gasteiger partial charge in [0.2, 0.25) is 0 Å². The van der Waals surface area contributed by atoms with Crippen LogP contribution in [0.5, 0.6) is 0 Å². The van der Waals surface area contributed by atoms with Gasteiger partial charge < -0.3 is 5.11 Å². The van der Waals surface area contributed by atoms with Gasteiger partial charge in [0.1, 0.15) is 0 Å². The fraction of sp³-hybridized carbons (Fsp3) is 0.800. The Morgan fingerprint density at radius 2 is 1.83 bits per heavy atom. The van der Waals surface area contributed by atoms with Crippen molar-refractivity contribution in [3.8, 4) is 0 Å². The van der Waals surface area contributed by atoms with Gasteiger partial charge in [-0.2, -0.15) is 5.10 Å². The van der Waals surface area contributed by atoms with Gasteiger partial charge in [-0.3, -0.25) is 4.68 Å². The second kappa shape index (κ2) is 5.87. The van der Waals surface area contributed by atoms with Crippen LogP contribution in [0.4, 0.5) is 0 Å². The molecule has 3 nitrogen and oxygen atoms in total. The summed E-state index contributed by atoms with van der Waals surface area (Å²) in [5.74, 6) is 0.492. The molecule has 0 aromatic carbocycles. The molecule has 18 heavy (non-hydrogen) atoms. The standard InChI is InChI=1S/C15H26N2O/c1-11-14(12(2)17(3)16-11)10-15(18)13-8-6-4-5-7-9-13/h13,15,18H,4-10H2,1-3H3. The Morgan fingerprint density at radius 3 is 2.33 bits per heavy atom. The lowest BCUT2D eigenvalue weighted by atomic mass is 9.89. The molecule has 0 amide bonds. The van der Waals surface area contributed by atoms with E-state index in [1.54, 1.807) is 0 Å². The number of aliphatic hydroxyl groups is 1. The lowest BCUT2D eigenvalue weighted by molar-refractivity contribution is 0.0983. The number of aliphatic hydroxyl groups excluding tert-OH is 1. The monoisotopic (exact) mass is 250 g/mol. The lowest BCUT2D eigenvalue weighted by Crippen LogP contribution is -2.23. The summed E-state index contributed by atoms with van der Waals surface area (Å²) >= 11 is 0. The predicted molar refractivity (Wildman–Crippen MR) is 73.6 cm³/mol. The Hall–Kier alpha value is -0.830. The Bertz CT molecular complexity index is 389. The zero-order valence-electron chi connectivity index (χ0n) is 11.9. The molecule has 0 bridgehead atoms. The molecule has 1 heterocycles. The highest BCUT2D eigenvalue weighted by Crippen LogP contribution is 2.28. The van der Waals surface area contributed by atoms with Crippen molar-refractivity contribution in [1.82, 2.24) is 9.78 Å². The summed E-state index contributed by atoms with van der Waals surface area (Å²) in [6.45, 7) is 4.14. The molecule has 1 aromatic heterocycles. The third-order valence-corrected chi connectivity index (χ3v) is 4.52. The van der Waals surface area contributed by atoms with Gasteiger partial charge in [-0.1, -0.05) is 25.7 Å². The molecule has 1 aliphatic rings. The van der Waals surface area contributed by atoms with Crippen LogP contribution in [0.15, 0.2) is 0 Å². The van der Waals surface area contributed by atoms with Crippen LogP contribution in [-0.2, 0) is 13.5 Å². The minimum atomic E-state index is -0.190. The van der Waals surface area contributed by atoms with Crippen molar-refractivity contribution in [1.29, 1.82) is 0 Å². The predicted octanol–water partition coefficient (Wildman–Crippen LogP) is 2.91. The maximum Gasteiger partial charge on any atom is 0.0629 e. The first kappa shape index (κ1) is 13.6. The molecule has 1 aliphatic carbocycles.